The van der Waals surface area contributed by atoms with Crippen LogP contribution in [0.2, 0.25) is 0 Å². The zero-order chi connectivity index (χ0) is 14.5. The molecular formula is C15H12FNO3. The summed E-state index contributed by atoms with van der Waals surface area (Å²) in [6.07, 6.45) is -0.0760. The van der Waals surface area contributed by atoms with Crippen molar-refractivity contribution in [2.45, 2.75) is 6.42 Å². The van der Waals surface area contributed by atoms with Gasteiger partial charge in [0.05, 0.1) is 12.0 Å². The second-order valence-electron chi connectivity index (χ2n) is 4.20. The molecule has 0 saturated carbocycles. The predicted octanol–water partition coefficient (Wildman–Crippen LogP) is 2.71. The van der Waals surface area contributed by atoms with Crippen molar-refractivity contribution in [3.8, 4) is 0 Å². The molecule has 2 N–H and O–H groups in total. The van der Waals surface area contributed by atoms with Crippen molar-refractivity contribution in [1.29, 1.82) is 0 Å². The van der Waals surface area contributed by atoms with Gasteiger partial charge in [0, 0.05) is 5.69 Å². The highest BCUT2D eigenvalue weighted by Gasteiger charge is 2.08. The van der Waals surface area contributed by atoms with E-state index in [0.717, 1.165) is 0 Å². The summed E-state index contributed by atoms with van der Waals surface area (Å²) < 4.78 is 13.4. The molecule has 0 aliphatic rings. The molecule has 0 spiro atoms. The van der Waals surface area contributed by atoms with Crippen LogP contribution in [0.25, 0.3) is 0 Å². The van der Waals surface area contributed by atoms with Crippen LogP contribution in [-0.4, -0.2) is 17.0 Å². The van der Waals surface area contributed by atoms with E-state index in [9.17, 15) is 14.0 Å². The van der Waals surface area contributed by atoms with Gasteiger partial charge in [0.15, 0.2) is 0 Å². The second kappa shape index (κ2) is 5.97. The summed E-state index contributed by atoms with van der Waals surface area (Å²) in [6, 6.07) is 11.8. The summed E-state index contributed by atoms with van der Waals surface area (Å²) in [6.45, 7) is 0. The highest BCUT2D eigenvalue weighted by molar-refractivity contribution is 5.93. The highest BCUT2D eigenvalue weighted by Crippen LogP contribution is 2.12. The SMILES string of the molecule is O=C(Cc1ccccc1F)Nc1ccc(C(=O)O)cc1. The van der Waals surface area contributed by atoms with Gasteiger partial charge in [-0.2, -0.15) is 0 Å². The third kappa shape index (κ3) is 3.41. The summed E-state index contributed by atoms with van der Waals surface area (Å²) in [7, 11) is 0. The zero-order valence-electron chi connectivity index (χ0n) is 10.5. The maximum atomic E-state index is 13.4. The first-order valence-corrected chi connectivity index (χ1v) is 5.93. The molecule has 0 atom stereocenters. The van der Waals surface area contributed by atoms with E-state index in [-0.39, 0.29) is 17.9 Å². The van der Waals surface area contributed by atoms with Gasteiger partial charge in [-0.25, -0.2) is 9.18 Å². The predicted molar refractivity (Wildman–Crippen MR) is 72.1 cm³/mol. The molecule has 0 radical (unpaired) electrons. The molecular weight excluding hydrogens is 261 g/mol. The van der Waals surface area contributed by atoms with Crippen molar-refractivity contribution in [2.75, 3.05) is 5.32 Å². The summed E-state index contributed by atoms with van der Waals surface area (Å²) in [4.78, 5) is 22.4. The second-order valence-corrected chi connectivity index (χ2v) is 4.20. The number of aromatic carboxylic acids is 1. The Kier molecular flexibility index (Phi) is 4.10. The molecule has 102 valence electrons. The average Bonchev–Trinajstić information content (AvgIpc) is 2.42. The Labute approximate surface area is 114 Å². The smallest absolute Gasteiger partial charge is 0.335 e. The van der Waals surface area contributed by atoms with Gasteiger partial charge in [0.2, 0.25) is 5.91 Å². The molecule has 5 heteroatoms. The van der Waals surface area contributed by atoms with Gasteiger partial charge in [0.1, 0.15) is 5.82 Å². The molecule has 0 fully saturated rings. The summed E-state index contributed by atoms with van der Waals surface area (Å²) in [5.74, 6) is -1.82. The fraction of sp³-hybridized carbons (Fsp3) is 0.0667. The topological polar surface area (TPSA) is 66.4 Å². The van der Waals surface area contributed by atoms with Crippen molar-refractivity contribution < 1.29 is 19.1 Å². The molecule has 2 aromatic carbocycles. The number of anilines is 1. The van der Waals surface area contributed by atoms with Crippen molar-refractivity contribution >= 4 is 17.6 Å². The van der Waals surface area contributed by atoms with Gasteiger partial charge >= 0.3 is 5.97 Å². The van der Waals surface area contributed by atoms with Crippen LogP contribution < -0.4 is 5.32 Å². The van der Waals surface area contributed by atoms with Crippen LogP contribution in [0, 0.1) is 5.82 Å². The van der Waals surface area contributed by atoms with Crippen molar-refractivity contribution in [1.82, 2.24) is 0 Å². The van der Waals surface area contributed by atoms with Crippen molar-refractivity contribution in [3.63, 3.8) is 0 Å². The Bertz CT molecular complexity index is 638. The normalized spacial score (nSPS) is 10.1. The van der Waals surface area contributed by atoms with Crippen LogP contribution in [0.5, 0.6) is 0 Å². The van der Waals surface area contributed by atoms with Crippen LogP contribution in [0.3, 0.4) is 0 Å². The van der Waals surface area contributed by atoms with Gasteiger partial charge in [0.25, 0.3) is 0 Å². The van der Waals surface area contributed by atoms with E-state index in [1.165, 1.54) is 30.3 Å². The van der Waals surface area contributed by atoms with Gasteiger partial charge in [-0.1, -0.05) is 18.2 Å². The van der Waals surface area contributed by atoms with Gasteiger partial charge in [-0.05, 0) is 35.9 Å². The van der Waals surface area contributed by atoms with Gasteiger partial charge in [-0.15, -0.1) is 0 Å². The van der Waals surface area contributed by atoms with Crippen LogP contribution in [0.15, 0.2) is 48.5 Å². The molecule has 0 saturated heterocycles. The van der Waals surface area contributed by atoms with E-state index in [2.05, 4.69) is 5.32 Å². The average molecular weight is 273 g/mol. The molecule has 0 aromatic heterocycles. The van der Waals surface area contributed by atoms with Crippen LogP contribution in [-0.2, 0) is 11.2 Å². The molecule has 0 bridgehead atoms. The standard InChI is InChI=1S/C15H12FNO3/c16-13-4-2-1-3-11(13)9-14(18)17-12-7-5-10(6-8-12)15(19)20/h1-8H,9H2,(H,17,18)(H,19,20). The van der Waals surface area contributed by atoms with E-state index in [0.29, 0.717) is 11.3 Å². The Hall–Kier alpha value is -2.69. The molecule has 2 aromatic rings. The first kappa shape index (κ1) is 13.7. The lowest BCUT2D eigenvalue weighted by Gasteiger charge is -2.06. The molecule has 4 nitrogen and oxygen atoms in total. The van der Waals surface area contributed by atoms with Crippen LogP contribution in [0.1, 0.15) is 15.9 Å². The van der Waals surface area contributed by atoms with E-state index in [1.54, 1.807) is 18.2 Å². The summed E-state index contributed by atoms with van der Waals surface area (Å²) >= 11 is 0. The molecule has 20 heavy (non-hydrogen) atoms. The van der Waals surface area contributed by atoms with E-state index < -0.39 is 11.8 Å². The molecule has 2 rings (SSSR count). The van der Waals surface area contributed by atoms with E-state index >= 15 is 0 Å². The first-order chi connectivity index (χ1) is 9.56. The maximum absolute atomic E-state index is 13.4. The quantitative estimate of drug-likeness (QED) is 0.900. The molecule has 0 aliphatic heterocycles. The lowest BCUT2D eigenvalue weighted by atomic mass is 10.1. The Balaban J connectivity index is 2.01. The van der Waals surface area contributed by atoms with Crippen LogP contribution >= 0.6 is 0 Å². The number of carboxylic acids is 1. The Morgan fingerprint density at radius 1 is 1.05 bits per heavy atom. The minimum Gasteiger partial charge on any atom is -0.478 e. The Morgan fingerprint density at radius 3 is 2.30 bits per heavy atom. The molecule has 1 amide bonds. The van der Waals surface area contributed by atoms with Crippen LogP contribution in [0.4, 0.5) is 10.1 Å². The number of carboxylic acid groups (broad SMARTS) is 1. The van der Waals surface area contributed by atoms with Crippen molar-refractivity contribution in [2.24, 2.45) is 0 Å². The number of carbonyl (C=O) groups excluding carboxylic acids is 1. The fourth-order valence-corrected chi connectivity index (χ4v) is 1.72. The molecule has 0 unspecified atom stereocenters. The Morgan fingerprint density at radius 2 is 1.70 bits per heavy atom. The monoisotopic (exact) mass is 273 g/mol. The zero-order valence-corrected chi connectivity index (χ0v) is 10.5. The number of hydrogen-bond acceptors (Lipinski definition) is 2. The number of benzene rings is 2. The molecule has 0 heterocycles. The number of nitrogens with one attached hydrogen (secondary N) is 1. The summed E-state index contributed by atoms with van der Waals surface area (Å²) in [5.41, 5.74) is 0.917. The number of hydrogen-bond donors (Lipinski definition) is 2. The number of halogens is 1. The van der Waals surface area contributed by atoms with E-state index in [4.69, 9.17) is 5.11 Å². The third-order valence-electron chi connectivity index (χ3n) is 2.72. The highest BCUT2D eigenvalue weighted by atomic mass is 19.1. The number of carbonyl (C=O) groups is 2. The number of rotatable bonds is 4. The minimum atomic E-state index is -1.03. The molecule has 0 aliphatic carbocycles. The lowest BCUT2D eigenvalue weighted by Crippen LogP contribution is -2.15. The lowest BCUT2D eigenvalue weighted by molar-refractivity contribution is -0.115. The van der Waals surface area contributed by atoms with Crippen molar-refractivity contribution in [3.05, 3.63) is 65.5 Å². The van der Waals surface area contributed by atoms with E-state index in [1.807, 2.05) is 0 Å². The maximum Gasteiger partial charge on any atom is 0.335 e. The van der Waals surface area contributed by atoms with Gasteiger partial charge < -0.3 is 10.4 Å². The van der Waals surface area contributed by atoms with Gasteiger partial charge in [-0.3, -0.25) is 4.79 Å². The fourth-order valence-electron chi connectivity index (χ4n) is 1.72. The number of amides is 1. The minimum absolute atomic E-state index is 0.0760. The third-order valence-corrected chi connectivity index (χ3v) is 2.72. The summed E-state index contributed by atoms with van der Waals surface area (Å²) in [5, 5.41) is 11.3. The largest absolute Gasteiger partial charge is 0.478 e. The first-order valence-electron chi connectivity index (χ1n) is 5.93.